The molecular formula is C26H24N2O2S. The van der Waals surface area contributed by atoms with E-state index in [9.17, 15) is 4.79 Å². The number of amidine groups is 1. The van der Waals surface area contributed by atoms with E-state index in [1.54, 1.807) is 0 Å². The lowest BCUT2D eigenvalue weighted by Crippen LogP contribution is -2.19. The second-order valence-electron chi connectivity index (χ2n) is 7.59. The molecule has 3 aromatic rings. The van der Waals surface area contributed by atoms with Crippen LogP contribution >= 0.6 is 11.8 Å². The SMILES string of the molecule is Cc1ccc(COc2ccc(/C=C3\SC(=Nc4ccc(C)c(C)c4)NC3=O)cc2)cc1. The summed E-state index contributed by atoms with van der Waals surface area (Å²) < 4.78 is 5.86. The van der Waals surface area contributed by atoms with Crippen molar-refractivity contribution in [2.45, 2.75) is 27.4 Å². The Balaban J connectivity index is 1.41. The molecule has 1 saturated heterocycles. The van der Waals surface area contributed by atoms with E-state index >= 15 is 0 Å². The van der Waals surface area contributed by atoms with Crippen LogP contribution in [0.3, 0.4) is 0 Å². The van der Waals surface area contributed by atoms with Gasteiger partial charge in [0.2, 0.25) is 0 Å². The van der Waals surface area contributed by atoms with Crippen molar-refractivity contribution in [3.05, 3.63) is 99.5 Å². The third kappa shape index (κ3) is 5.44. The molecule has 0 saturated carbocycles. The summed E-state index contributed by atoms with van der Waals surface area (Å²) in [6.45, 7) is 6.72. The maximum Gasteiger partial charge on any atom is 0.264 e. The van der Waals surface area contributed by atoms with Crippen molar-refractivity contribution in [1.29, 1.82) is 0 Å². The van der Waals surface area contributed by atoms with Gasteiger partial charge in [0.15, 0.2) is 5.17 Å². The molecule has 1 fully saturated rings. The lowest BCUT2D eigenvalue weighted by atomic mass is 10.1. The van der Waals surface area contributed by atoms with Crippen molar-refractivity contribution < 1.29 is 9.53 Å². The molecule has 0 atom stereocenters. The number of benzene rings is 3. The van der Waals surface area contributed by atoms with Crippen LogP contribution in [0.4, 0.5) is 5.69 Å². The molecule has 0 spiro atoms. The van der Waals surface area contributed by atoms with Gasteiger partial charge in [-0.15, -0.1) is 0 Å². The summed E-state index contributed by atoms with van der Waals surface area (Å²) in [4.78, 5) is 17.5. The number of carbonyl (C=O) groups excluding carboxylic acids is 1. The van der Waals surface area contributed by atoms with Crippen LogP contribution in [0, 0.1) is 20.8 Å². The first-order valence-electron chi connectivity index (χ1n) is 10.1. The fourth-order valence-corrected chi connectivity index (χ4v) is 3.90. The van der Waals surface area contributed by atoms with Crippen LogP contribution in [-0.4, -0.2) is 11.1 Å². The summed E-state index contributed by atoms with van der Waals surface area (Å²) in [7, 11) is 0. The van der Waals surface area contributed by atoms with E-state index in [2.05, 4.69) is 55.3 Å². The van der Waals surface area contributed by atoms with Gasteiger partial charge >= 0.3 is 0 Å². The van der Waals surface area contributed by atoms with Gasteiger partial charge in [-0.1, -0.05) is 48.0 Å². The number of amides is 1. The number of aliphatic imine (C=N–C) groups is 1. The van der Waals surface area contributed by atoms with Crippen LogP contribution in [-0.2, 0) is 11.4 Å². The fourth-order valence-electron chi connectivity index (χ4n) is 3.06. The molecule has 31 heavy (non-hydrogen) atoms. The van der Waals surface area contributed by atoms with Crippen LogP contribution in [0.15, 0.2) is 76.6 Å². The number of rotatable bonds is 5. The predicted octanol–water partition coefficient (Wildman–Crippen LogP) is 6.08. The van der Waals surface area contributed by atoms with Crippen molar-refractivity contribution in [2.75, 3.05) is 0 Å². The molecule has 4 nitrogen and oxygen atoms in total. The highest BCUT2D eigenvalue weighted by Gasteiger charge is 2.23. The van der Waals surface area contributed by atoms with Gasteiger partial charge in [0, 0.05) is 0 Å². The Morgan fingerprint density at radius 2 is 1.68 bits per heavy atom. The molecule has 5 heteroatoms. The van der Waals surface area contributed by atoms with E-state index in [0.717, 1.165) is 22.6 Å². The monoisotopic (exact) mass is 428 g/mol. The summed E-state index contributed by atoms with van der Waals surface area (Å²) >= 11 is 1.35. The molecule has 156 valence electrons. The molecule has 1 aliphatic rings. The van der Waals surface area contributed by atoms with Gasteiger partial charge in [0.1, 0.15) is 12.4 Å². The average molecular weight is 429 g/mol. The highest BCUT2D eigenvalue weighted by atomic mass is 32.2. The maximum absolute atomic E-state index is 12.3. The summed E-state index contributed by atoms with van der Waals surface area (Å²) in [6.07, 6.45) is 1.87. The van der Waals surface area contributed by atoms with Crippen molar-refractivity contribution in [3.63, 3.8) is 0 Å². The van der Waals surface area contributed by atoms with Crippen LogP contribution in [0.1, 0.15) is 27.8 Å². The summed E-state index contributed by atoms with van der Waals surface area (Å²) in [5.41, 5.74) is 6.54. The van der Waals surface area contributed by atoms with Gasteiger partial charge < -0.3 is 10.1 Å². The van der Waals surface area contributed by atoms with Crippen LogP contribution < -0.4 is 10.1 Å². The number of carbonyl (C=O) groups is 1. The van der Waals surface area contributed by atoms with Crippen molar-refractivity contribution in [1.82, 2.24) is 5.32 Å². The van der Waals surface area contributed by atoms with E-state index in [4.69, 9.17) is 4.74 Å². The van der Waals surface area contributed by atoms with E-state index in [-0.39, 0.29) is 5.91 Å². The highest BCUT2D eigenvalue weighted by molar-refractivity contribution is 8.18. The zero-order chi connectivity index (χ0) is 21.8. The third-order valence-electron chi connectivity index (χ3n) is 5.08. The average Bonchev–Trinajstić information content (AvgIpc) is 3.10. The lowest BCUT2D eigenvalue weighted by molar-refractivity contribution is -0.115. The fraction of sp³-hybridized carbons (Fsp3) is 0.154. The number of aryl methyl sites for hydroxylation is 3. The van der Waals surface area contributed by atoms with Crippen LogP contribution in [0.2, 0.25) is 0 Å². The Kier molecular flexibility index (Phi) is 6.23. The quantitative estimate of drug-likeness (QED) is 0.501. The summed E-state index contributed by atoms with van der Waals surface area (Å²) in [5.74, 6) is 0.663. The van der Waals surface area contributed by atoms with Gasteiger partial charge in [-0.05, 0) is 85.1 Å². The lowest BCUT2D eigenvalue weighted by Gasteiger charge is -2.07. The minimum Gasteiger partial charge on any atom is -0.489 e. The topological polar surface area (TPSA) is 50.7 Å². The van der Waals surface area contributed by atoms with Gasteiger partial charge in [0.25, 0.3) is 5.91 Å². The van der Waals surface area contributed by atoms with Crippen molar-refractivity contribution >= 4 is 34.6 Å². The molecule has 1 aliphatic heterocycles. The Morgan fingerprint density at radius 1 is 0.935 bits per heavy atom. The largest absolute Gasteiger partial charge is 0.489 e. The Morgan fingerprint density at radius 3 is 2.39 bits per heavy atom. The van der Waals surface area contributed by atoms with Crippen molar-refractivity contribution in [3.8, 4) is 5.75 Å². The second-order valence-corrected chi connectivity index (χ2v) is 8.62. The summed E-state index contributed by atoms with van der Waals surface area (Å²) in [6, 6.07) is 22.0. The molecule has 0 aliphatic carbocycles. The smallest absolute Gasteiger partial charge is 0.264 e. The first-order chi connectivity index (χ1) is 15.0. The van der Waals surface area contributed by atoms with E-state index in [0.29, 0.717) is 16.7 Å². The Hall–Kier alpha value is -3.31. The number of nitrogens with one attached hydrogen (secondary N) is 1. The molecule has 4 rings (SSSR count). The third-order valence-corrected chi connectivity index (χ3v) is 5.99. The van der Waals surface area contributed by atoms with Gasteiger partial charge in [-0.25, -0.2) is 4.99 Å². The molecule has 0 unspecified atom stereocenters. The molecule has 0 aromatic heterocycles. The summed E-state index contributed by atoms with van der Waals surface area (Å²) in [5, 5.41) is 3.44. The molecule has 1 heterocycles. The van der Waals surface area contributed by atoms with Gasteiger partial charge in [-0.2, -0.15) is 0 Å². The maximum atomic E-state index is 12.3. The molecular weight excluding hydrogens is 404 g/mol. The van der Waals surface area contributed by atoms with Crippen LogP contribution in [0.5, 0.6) is 5.75 Å². The predicted molar refractivity (Wildman–Crippen MR) is 129 cm³/mol. The van der Waals surface area contributed by atoms with E-state index < -0.39 is 0 Å². The molecule has 0 bridgehead atoms. The molecule has 1 N–H and O–H groups in total. The highest BCUT2D eigenvalue weighted by Crippen LogP contribution is 2.29. The Labute approximate surface area is 187 Å². The number of thioether (sulfide) groups is 1. The van der Waals surface area contributed by atoms with Crippen LogP contribution in [0.25, 0.3) is 6.08 Å². The number of nitrogens with zero attached hydrogens (tertiary/aromatic N) is 1. The normalized spacial score (nSPS) is 16.0. The zero-order valence-electron chi connectivity index (χ0n) is 17.8. The first kappa shape index (κ1) is 20.9. The second kappa shape index (κ2) is 9.23. The number of hydrogen-bond donors (Lipinski definition) is 1. The van der Waals surface area contributed by atoms with Gasteiger partial charge in [0.05, 0.1) is 10.6 Å². The molecule has 1 amide bonds. The van der Waals surface area contributed by atoms with E-state index in [1.807, 2.05) is 48.5 Å². The standard InChI is InChI=1S/C26H24N2O2S/c1-17-4-7-21(8-5-17)16-30-23-12-9-20(10-13-23)15-24-25(29)28-26(31-24)27-22-11-6-18(2)19(3)14-22/h4-15H,16H2,1-3H3,(H,27,28,29)/b24-15-. The zero-order valence-corrected chi connectivity index (χ0v) is 18.6. The minimum atomic E-state index is -0.132. The number of ether oxygens (including phenoxy) is 1. The minimum absolute atomic E-state index is 0.132. The van der Waals surface area contributed by atoms with E-state index in [1.165, 1.54) is 28.5 Å². The molecule has 0 radical (unpaired) electrons. The molecule has 3 aromatic carbocycles. The van der Waals surface area contributed by atoms with Crippen molar-refractivity contribution in [2.24, 2.45) is 4.99 Å². The number of hydrogen-bond acceptors (Lipinski definition) is 4. The Bertz CT molecular complexity index is 1160. The van der Waals surface area contributed by atoms with Gasteiger partial charge in [-0.3, -0.25) is 4.79 Å². The first-order valence-corrected chi connectivity index (χ1v) is 10.9.